The fraction of sp³-hybridized carbons (Fsp3) is 0.378. The number of hydrogen-bond acceptors (Lipinski definition) is 4. The Morgan fingerprint density at radius 3 is 2.62 bits per heavy atom. The number of unbranched alkanes of at least 4 members (excludes halogenated alkanes) is 1. The molecule has 1 heterocycles. The third kappa shape index (κ3) is 9.01. The number of aromatic nitrogens is 1. The van der Waals surface area contributed by atoms with Crippen LogP contribution in [-0.2, 0) is 17.6 Å². The number of aromatic amines is 1. The average Bonchev–Trinajstić information content (AvgIpc) is 3.45. The average molecular weight is 568 g/mol. The summed E-state index contributed by atoms with van der Waals surface area (Å²) in [6.07, 6.45) is 13.3. The van der Waals surface area contributed by atoms with Gasteiger partial charge in [0.05, 0.1) is 6.61 Å². The van der Waals surface area contributed by atoms with Crippen molar-refractivity contribution in [2.45, 2.75) is 72.1 Å². The van der Waals surface area contributed by atoms with Crippen LogP contribution in [0.4, 0.5) is 0 Å². The number of ketones is 1. The number of aromatic hydroxyl groups is 2. The monoisotopic (exact) mass is 567 g/mol. The number of hydrogen-bond donors (Lipinski definition) is 3. The van der Waals surface area contributed by atoms with E-state index in [0.717, 1.165) is 46.0 Å². The number of ether oxygens (including phenoxy) is 1. The van der Waals surface area contributed by atoms with Gasteiger partial charge in [-0.1, -0.05) is 64.3 Å². The molecular weight excluding hydrogens is 522 g/mol. The number of nitrogens with one attached hydrogen (secondary N) is 1. The second-order valence-corrected chi connectivity index (χ2v) is 11.7. The van der Waals surface area contributed by atoms with Gasteiger partial charge in [-0.15, -0.1) is 0 Å². The lowest BCUT2D eigenvalue weighted by Crippen LogP contribution is -2.04. The number of aryl methyl sites for hydroxylation is 1. The maximum atomic E-state index is 12.7. The molecule has 5 heteroatoms. The highest BCUT2D eigenvalue weighted by Crippen LogP contribution is 2.32. The van der Waals surface area contributed by atoms with Crippen LogP contribution in [0.15, 0.2) is 79.0 Å². The molecule has 0 spiro atoms. The molecule has 1 aromatic heterocycles. The van der Waals surface area contributed by atoms with E-state index in [9.17, 15) is 15.0 Å². The molecular formula is C37H45NO4. The van der Waals surface area contributed by atoms with Crippen LogP contribution >= 0.6 is 0 Å². The standard InChI is InChI=1S/C37H45NO4/c1-4-5-6-27(8-7-26(2)3)9-14-32(39)15-10-28-11-18-36(41)37(23-28)42-22-20-29-12-16-33(40)25-34(29)30-13-17-35-31(24-30)19-21-38-35/h9,11-14,16-19,21,23-27,38,40-41H,4-8,10,15,20,22H2,1-3H3. The van der Waals surface area contributed by atoms with Gasteiger partial charge in [0.1, 0.15) is 5.75 Å². The minimum absolute atomic E-state index is 0.0812. The van der Waals surface area contributed by atoms with Crippen LogP contribution in [0.5, 0.6) is 17.2 Å². The predicted molar refractivity (Wildman–Crippen MR) is 172 cm³/mol. The van der Waals surface area contributed by atoms with Gasteiger partial charge in [0.25, 0.3) is 0 Å². The van der Waals surface area contributed by atoms with E-state index in [1.807, 2.05) is 42.6 Å². The van der Waals surface area contributed by atoms with Gasteiger partial charge in [-0.25, -0.2) is 0 Å². The zero-order chi connectivity index (χ0) is 29.9. The first kappa shape index (κ1) is 31.0. The fourth-order valence-corrected chi connectivity index (χ4v) is 5.32. The molecule has 4 aromatic rings. The highest BCUT2D eigenvalue weighted by atomic mass is 16.5. The Morgan fingerprint density at radius 2 is 1.81 bits per heavy atom. The van der Waals surface area contributed by atoms with Gasteiger partial charge in [-0.05, 0) is 107 Å². The number of allylic oxidation sites excluding steroid dienone is 2. The fourth-order valence-electron chi connectivity index (χ4n) is 5.32. The van der Waals surface area contributed by atoms with Crippen LogP contribution in [0.1, 0.15) is 70.4 Å². The van der Waals surface area contributed by atoms with E-state index in [0.29, 0.717) is 43.5 Å². The van der Waals surface area contributed by atoms with Crippen molar-refractivity contribution in [2.24, 2.45) is 11.8 Å². The van der Waals surface area contributed by atoms with Crippen molar-refractivity contribution < 1.29 is 19.7 Å². The van der Waals surface area contributed by atoms with Crippen molar-refractivity contribution in [3.05, 3.63) is 90.1 Å². The minimum atomic E-state index is 0.0812. The summed E-state index contributed by atoms with van der Waals surface area (Å²) in [5.41, 5.74) is 5.04. The Kier molecular flexibility index (Phi) is 11.3. The summed E-state index contributed by atoms with van der Waals surface area (Å²) in [6.45, 7) is 7.06. The number of rotatable bonds is 16. The number of benzene rings is 3. The minimum Gasteiger partial charge on any atom is -0.508 e. The summed E-state index contributed by atoms with van der Waals surface area (Å²) in [5.74, 6) is 1.98. The lowest BCUT2D eigenvalue weighted by molar-refractivity contribution is -0.114. The van der Waals surface area contributed by atoms with E-state index in [-0.39, 0.29) is 17.3 Å². The molecule has 0 aliphatic rings. The summed E-state index contributed by atoms with van der Waals surface area (Å²) < 4.78 is 6.01. The number of phenols is 2. The molecule has 42 heavy (non-hydrogen) atoms. The van der Waals surface area contributed by atoms with Crippen LogP contribution in [-0.4, -0.2) is 27.6 Å². The molecule has 0 bridgehead atoms. The van der Waals surface area contributed by atoms with Gasteiger partial charge >= 0.3 is 0 Å². The highest BCUT2D eigenvalue weighted by molar-refractivity contribution is 5.89. The Bertz CT molecular complexity index is 1480. The van der Waals surface area contributed by atoms with E-state index in [1.54, 1.807) is 24.3 Å². The summed E-state index contributed by atoms with van der Waals surface area (Å²) in [4.78, 5) is 15.9. The molecule has 3 aromatic carbocycles. The molecule has 1 atom stereocenters. The zero-order valence-corrected chi connectivity index (χ0v) is 25.2. The van der Waals surface area contributed by atoms with Crippen molar-refractivity contribution in [3.8, 4) is 28.4 Å². The lowest BCUT2D eigenvalue weighted by atomic mass is 9.92. The van der Waals surface area contributed by atoms with E-state index < -0.39 is 0 Å². The molecule has 0 radical (unpaired) electrons. The van der Waals surface area contributed by atoms with E-state index >= 15 is 0 Å². The molecule has 0 aliphatic carbocycles. The van der Waals surface area contributed by atoms with Crippen molar-refractivity contribution in [2.75, 3.05) is 6.61 Å². The Morgan fingerprint density at radius 1 is 0.952 bits per heavy atom. The molecule has 5 nitrogen and oxygen atoms in total. The Balaban J connectivity index is 1.34. The van der Waals surface area contributed by atoms with Crippen LogP contribution < -0.4 is 4.74 Å². The number of carbonyl (C=O) groups excluding carboxylic acids is 1. The molecule has 0 saturated carbocycles. The summed E-state index contributed by atoms with van der Waals surface area (Å²) in [6, 6.07) is 18.9. The molecule has 4 rings (SSSR count). The molecule has 3 N–H and O–H groups in total. The number of carbonyl (C=O) groups is 1. The third-order valence-corrected chi connectivity index (χ3v) is 7.87. The van der Waals surface area contributed by atoms with Gasteiger partial charge < -0.3 is 19.9 Å². The normalized spacial score (nSPS) is 12.4. The maximum Gasteiger partial charge on any atom is 0.161 e. The van der Waals surface area contributed by atoms with Gasteiger partial charge in [0, 0.05) is 24.6 Å². The highest BCUT2D eigenvalue weighted by Gasteiger charge is 2.11. The first-order valence-corrected chi connectivity index (χ1v) is 15.4. The Labute approximate surface area is 250 Å². The number of phenolic OH excluding ortho intramolecular Hbond substituents is 2. The van der Waals surface area contributed by atoms with Crippen molar-refractivity contribution in [3.63, 3.8) is 0 Å². The largest absolute Gasteiger partial charge is 0.508 e. The maximum absolute atomic E-state index is 12.7. The summed E-state index contributed by atoms with van der Waals surface area (Å²) in [5, 5.41) is 21.7. The quantitative estimate of drug-likeness (QED) is 0.118. The molecule has 0 fully saturated rings. The summed E-state index contributed by atoms with van der Waals surface area (Å²) >= 11 is 0. The molecule has 0 aliphatic heterocycles. The second-order valence-electron chi connectivity index (χ2n) is 11.7. The van der Waals surface area contributed by atoms with Crippen molar-refractivity contribution >= 4 is 16.7 Å². The zero-order valence-electron chi connectivity index (χ0n) is 25.2. The smallest absolute Gasteiger partial charge is 0.161 e. The van der Waals surface area contributed by atoms with Gasteiger partial charge in [-0.2, -0.15) is 0 Å². The number of H-pyrrole nitrogens is 1. The Hall–Kier alpha value is -3.99. The third-order valence-electron chi connectivity index (χ3n) is 7.87. The van der Waals surface area contributed by atoms with Crippen LogP contribution in [0.25, 0.3) is 22.0 Å². The van der Waals surface area contributed by atoms with E-state index in [4.69, 9.17) is 4.74 Å². The molecule has 222 valence electrons. The first-order valence-electron chi connectivity index (χ1n) is 15.4. The van der Waals surface area contributed by atoms with Gasteiger partial charge in [0.2, 0.25) is 0 Å². The lowest BCUT2D eigenvalue weighted by Gasteiger charge is -2.14. The van der Waals surface area contributed by atoms with Crippen LogP contribution in [0, 0.1) is 11.8 Å². The second kappa shape index (κ2) is 15.3. The van der Waals surface area contributed by atoms with Crippen molar-refractivity contribution in [1.82, 2.24) is 4.98 Å². The van der Waals surface area contributed by atoms with Gasteiger partial charge in [-0.3, -0.25) is 4.79 Å². The van der Waals surface area contributed by atoms with Crippen molar-refractivity contribution in [1.29, 1.82) is 0 Å². The van der Waals surface area contributed by atoms with E-state index in [1.165, 1.54) is 19.3 Å². The molecule has 0 amide bonds. The summed E-state index contributed by atoms with van der Waals surface area (Å²) in [7, 11) is 0. The first-order chi connectivity index (χ1) is 20.3. The predicted octanol–water partition coefficient (Wildman–Crippen LogP) is 9.17. The topological polar surface area (TPSA) is 82.6 Å². The molecule has 1 unspecified atom stereocenters. The van der Waals surface area contributed by atoms with Crippen LogP contribution in [0.3, 0.4) is 0 Å². The number of fused-ring (bicyclic) bond motifs is 1. The molecule has 0 saturated heterocycles. The SMILES string of the molecule is CCCCC(C=CC(=O)CCc1ccc(O)c(OCCc2ccc(O)cc2-c2ccc3[nH]ccc3c2)c1)CCC(C)C. The van der Waals surface area contributed by atoms with Crippen LogP contribution in [0.2, 0.25) is 0 Å². The van der Waals surface area contributed by atoms with Gasteiger partial charge in [0.15, 0.2) is 17.3 Å². The van der Waals surface area contributed by atoms with E-state index in [2.05, 4.69) is 37.9 Å².